The second-order valence-electron chi connectivity index (χ2n) is 5.21. The highest BCUT2D eigenvalue weighted by Gasteiger charge is 2.17. The van der Waals surface area contributed by atoms with Crippen molar-refractivity contribution < 1.29 is 8.42 Å². The molecule has 1 atom stereocenters. The fourth-order valence-corrected chi connectivity index (χ4v) is 3.72. The molecule has 2 rings (SSSR count). The van der Waals surface area contributed by atoms with E-state index in [0.717, 1.165) is 18.5 Å². The van der Waals surface area contributed by atoms with Crippen LogP contribution in [-0.4, -0.2) is 26.8 Å². The maximum atomic E-state index is 12.0. The van der Waals surface area contributed by atoms with Gasteiger partial charge in [0.2, 0.25) is 10.0 Å². The van der Waals surface area contributed by atoms with E-state index in [2.05, 4.69) is 10.0 Å². The average Bonchev–Trinajstić information content (AvgIpc) is 2.45. The highest BCUT2D eigenvalue weighted by molar-refractivity contribution is 7.89. The van der Waals surface area contributed by atoms with Crippen LogP contribution in [0.25, 0.3) is 0 Å². The van der Waals surface area contributed by atoms with Crippen LogP contribution in [-0.2, 0) is 16.6 Å². The molecule has 1 unspecified atom stereocenters. The Balaban J connectivity index is 1.78. The van der Waals surface area contributed by atoms with Crippen molar-refractivity contribution in [2.45, 2.75) is 38.3 Å². The lowest BCUT2D eigenvalue weighted by Gasteiger charge is -2.23. The van der Waals surface area contributed by atoms with Crippen LogP contribution in [0.2, 0.25) is 5.02 Å². The summed E-state index contributed by atoms with van der Waals surface area (Å²) in [6.07, 6.45) is 4.12. The number of nitrogens with one attached hydrogen (secondary N) is 2. The van der Waals surface area contributed by atoms with Gasteiger partial charge in [0.15, 0.2) is 0 Å². The molecule has 0 amide bonds. The molecule has 6 heteroatoms. The lowest BCUT2D eigenvalue weighted by molar-refractivity contribution is 0.392. The maximum absolute atomic E-state index is 12.0. The van der Waals surface area contributed by atoms with Crippen LogP contribution in [0.3, 0.4) is 0 Å². The van der Waals surface area contributed by atoms with Crippen LogP contribution < -0.4 is 10.0 Å². The Morgan fingerprint density at radius 2 is 2.20 bits per heavy atom. The summed E-state index contributed by atoms with van der Waals surface area (Å²) in [7, 11) is -3.23. The zero-order chi connectivity index (χ0) is 14.4. The minimum atomic E-state index is -3.23. The average molecular weight is 317 g/mol. The predicted octanol–water partition coefficient (Wildman–Crippen LogP) is 2.29. The Morgan fingerprint density at radius 1 is 1.35 bits per heavy atom. The van der Waals surface area contributed by atoms with Crippen molar-refractivity contribution in [3.8, 4) is 0 Å². The summed E-state index contributed by atoms with van der Waals surface area (Å²) < 4.78 is 26.5. The molecule has 4 nitrogen and oxygen atoms in total. The summed E-state index contributed by atoms with van der Waals surface area (Å²) in [5, 5.41) is 3.98. The molecule has 1 aromatic rings. The molecule has 1 aliphatic rings. The summed E-state index contributed by atoms with van der Waals surface area (Å²) in [5.41, 5.74) is 0.872. The highest BCUT2D eigenvalue weighted by Crippen LogP contribution is 2.12. The molecule has 0 aliphatic carbocycles. The van der Waals surface area contributed by atoms with Gasteiger partial charge >= 0.3 is 0 Å². The fourth-order valence-electron chi connectivity index (χ4n) is 2.38. The molecule has 2 N–H and O–H groups in total. The van der Waals surface area contributed by atoms with E-state index in [0.29, 0.717) is 24.0 Å². The molecule has 0 aromatic heterocycles. The fraction of sp³-hybridized carbons (Fsp3) is 0.571. The van der Waals surface area contributed by atoms with E-state index in [9.17, 15) is 8.42 Å². The van der Waals surface area contributed by atoms with Crippen molar-refractivity contribution in [3.63, 3.8) is 0 Å². The van der Waals surface area contributed by atoms with E-state index < -0.39 is 10.0 Å². The highest BCUT2D eigenvalue weighted by atomic mass is 35.5. The minimum Gasteiger partial charge on any atom is -0.314 e. The van der Waals surface area contributed by atoms with Gasteiger partial charge in [0.05, 0.1) is 5.75 Å². The molecule has 1 aromatic carbocycles. The molecule has 0 saturated carbocycles. The van der Waals surface area contributed by atoms with E-state index >= 15 is 0 Å². The first-order valence-electron chi connectivity index (χ1n) is 7.00. The minimum absolute atomic E-state index is 0.172. The zero-order valence-electron chi connectivity index (χ0n) is 11.4. The van der Waals surface area contributed by atoms with Gasteiger partial charge in [-0.15, -0.1) is 0 Å². The van der Waals surface area contributed by atoms with E-state index in [4.69, 9.17) is 11.6 Å². The second kappa shape index (κ2) is 7.41. The van der Waals surface area contributed by atoms with E-state index in [1.165, 1.54) is 12.8 Å². The number of hydrogen-bond acceptors (Lipinski definition) is 3. The normalized spacial score (nSPS) is 19.9. The van der Waals surface area contributed by atoms with Crippen molar-refractivity contribution in [1.29, 1.82) is 0 Å². The summed E-state index contributed by atoms with van der Waals surface area (Å²) >= 11 is 5.87. The monoisotopic (exact) mass is 316 g/mol. The first-order valence-corrected chi connectivity index (χ1v) is 9.03. The van der Waals surface area contributed by atoms with Gasteiger partial charge in [-0.25, -0.2) is 13.1 Å². The number of halogens is 1. The summed E-state index contributed by atoms with van der Waals surface area (Å²) in [6.45, 7) is 1.29. The molecule has 0 spiro atoms. The van der Waals surface area contributed by atoms with Crippen LogP contribution in [0.4, 0.5) is 0 Å². The van der Waals surface area contributed by atoms with Crippen LogP contribution >= 0.6 is 11.6 Å². The van der Waals surface area contributed by atoms with E-state index in [1.807, 2.05) is 12.1 Å². The molecule has 20 heavy (non-hydrogen) atoms. The Morgan fingerprint density at radius 3 is 2.90 bits per heavy atom. The van der Waals surface area contributed by atoms with Gasteiger partial charge in [0, 0.05) is 17.6 Å². The van der Waals surface area contributed by atoms with Gasteiger partial charge in [-0.2, -0.15) is 0 Å². The molecule has 1 saturated heterocycles. The zero-order valence-corrected chi connectivity index (χ0v) is 13.0. The Bertz CT molecular complexity index is 528. The predicted molar refractivity (Wildman–Crippen MR) is 82.3 cm³/mol. The van der Waals surface area contributed by atoms with Crippen molar-refractivity contribution in [1.82, 2.24) is 10.0 Å². The van der Waals surface area contributed by atoms with Gasteiger partial charge in [0.1, 0.15) is 0 Å². The molecule has 0 bridgehead atoms. The molecule has 1 heterocycles. The Hall–Kier alpha value is -0.620. The summed E-state index contributed by atoms with van der Waals surface area (Å²) in [6, 6.07) is 7.56. The lowest BCUT2D eigenvalue weighted by atomic mass is 10.0. The largest absolute Gasteiger partial charge is 0.314 e. The standard InChI is InChI=1S/C14H21ClN2O2S/c15-13-5-3-4-12(10-13)11-17-20(18,19)9-7-14-6-1-2-8-16-14/h3-5,10,14,16-17H,1-2,6-9,11H2. The lowest BCUT2D eigenvalue weighted by Crippen LogP contribution is -2.37. The summed E-state index contributed by atoms with van der Waals surface area (Å²) in [4.78, 5) is 0. The smallest absolute Gasteiger partial charge is 0.211 e. The van der Waals surface area contributed by atoms with Crippen LogP contribution in [0.1, 0.15) is 31.2 Å². The van der Waals surface area contributed by atoms with Crippen LogP contribution in [0.5, 0.6) is 0 Å². The first-order chi connectivity index (χ1) is 9.55. The number of piperidine rings is 1. The Labute approximate surface area is 126 Å². The summed E-state index contributed by atoms with van der Waals surface area (Å²) in [5.74, 6) is 0.172. The molecular weight excluding hydrogens is 296 g/mol. The molecule has 1 aliphatic heterocycles. The molecule has 1 fully saturated rings. The Kier molecular flexibility index (Phi) is 5.84. The first kappa shape index (κ1) is 15.8. The van der Waals surface area contributed by atoms with Gasteiger partial charge in [-0.05, 0) is 43.5 Å². The molecular formula is C14H21ClN2O2S. The molecule has 112 valence electrons. The van der Waals surface area contributed by atoms with Gasteiger partial charge in [-0.1, -0.05) is 30.2 Å². The van der Waals surface area contributed by atoms with E-state index in [-0.39, 0.29) is 5.75 Å². The third-order valence-electron chi connectivity index (χ3n) is 3.53. The number of sulfonamides is 1. The number of hydrogen-bond donors (Lipinski definition) is 2. The van der Waals surface area contributed by atoms with Gasteiger partial charge in [-0.3, -0.25) is 0 Å². The van der Waals surface area contributed by atoms with Crippen LogP contribution in [0.15, 0.2) is 24.3 Å². The third-order valence-corrected chi connectivity index (χ3v) is 5.13. The maximum Gasteiger partial charge on any atom is 0.211 e. The van der Waals surface area contributed by atoms with Crippen molar-refractivity contribution >= 4 is 21.6 Å². The third kappa shape index (κ3) is 5.40. The van der Waals surface area contributed by atoms with E-state index in [1.54, 1.807) is 12.1 Å². The SMILES string of the molecule is O=S(=O)(CCC1CCCCN1)NCc1cccc(Cl)c1. The number of benzene rings is 1. The quantitative estimate of drug-likeness (QED) is 0.846. The number of rotatable bonds is 6. The van der Waals surface area contributed by atoms with Crippen molar-refractivity contribution in [2.75, 3.05) is 12.3 Å². The second-order valence-corrected chi connectivity index (χ2v) is 7.57. The van der Waals surface area contributed by atoms with Crippen LogP contribution in [0, 0.1) is 0 Å². The molecule has 0 radical (unpaired) electrons. The van der Waals surface area contributed by atoms with Crippen molar-refractivity contribution in [2.24, 2.45) is 0 Å². The topological polar surface area (TPSA) is 58.2 Å². The van der Waals surface area contributed by atoms with Crippen molar-refractivity contribution in [3.05, 3.63) is 34.9 Å². The van der Waals surface area contributed by atoms with Gasteiger partial charge in [0.25, 0.3) is 0 Å². The van der Waals surface area contributed by atoms with Gasteiger partial charge < -0.3 is 5.32 Å².